The van der Waals surface area contributed by atoms with Crippen molar-refractivity contribution in [1.82, 2.24) is 4.90 Å². The van der Waals surface area contributed by atoms with Gasteiger partial charge in [-0.2, -0.15) is 0 Å². The minimum atomic E-state index is -0.284. The van der Waals surface area contributed by atoms with Gasteiger partial charge in [0.1, 0.15) is 11.5 Å². The summed E-state index contributed by atoms with van der Waals surface area (Å²) in [6.07, 6.45) is 3.20. The average Bonchev–Trinajstić information content (AvgIpc) is 3.22. The Hall–Kier alpha value is -3.72. The van der Waals surface area contributed by atoms with Crippen molar-refractivity contribution >= 4 is 17.8 Å². The van der Waals surface area contributed by atoms with Crippen molar-refractivity contribution in [3.63, 3.8) is 0 Å². The lowest BCUT2D eigenvalue weighted by molar-refractivity contribution is -0.150. The van der Waals surface area contributed by atoms with Crippen molar-refractivity contribution in [2.45, 2.75) is 33.2 Å². The van der Waals surface area contributed by atoms with Crippen LogP contribution in [0.3, 0.4) is 0 Å². The largest absolute Gasteiger partial charge is 0.507 e. The van der Waals surface area contributed by atoms with Crippen LogP contribution in [0.25, 0.3) is 6.08 Å². The Morgan fingerprint density at radius 2 is 1.95 bits per heavy atom. The molecule has 1 unspecified atom stereocenters. The second-order valence-corrected chi connectivity index (χ2v) is 9.08. The van der Waals surface area contributed by atoms with Gasteiger partial charge in [0.25, 0.3) is 0 Å². The Bertz CT molecular complexity index is 1240. The number of likely N-dealkylation sites (tertiary alicyclic amines) is 1. The number of phenolic OH excluding ortho intramolecular Hbond substituents is 1. The first-order chi connectivity index (χ1) is 17.8. The fourth-order valence-electron chi connectivity index (χ4n) is 4.99. The van der Waals surface area contributed by atoms with E-state index < -0.39 is 0 Å². The van der Waals surface area contributed by atoms with Crippen LogP contribution in [0.15, 0.2) is 24.0 Å². The lowest BCUT2D eigenvalue weighted by Crippen LogP contribution is -2.39. The third-order valence-corrected chi connectivity index (χ3v) is 6.75. The summed E-state index contributed by atoms with van der Waals surface area (Å²) in [6.45, 7) is 5.52. The molecule has 4 rings (SSSR count). The number of carbonyl (C=O) groups excluding carboxylic acids is 2. The van der Waals surface area contributed by atoms with Gasteiger partial charge in [-0.1, -0.05) is 0 Å². The van der Waals surface area contributed by atoms with Gasteiger partial charge in [0.05, 0.1) is 45.0 Å². The van der Waals surface area contributed by atoms with Crippen LogP contribution in [0, 0.1) is 12.8 Å². The molecule has 0 saturated carbocycles. The van der Waals surface area contributed by atoms with Crippen LogP contribution in [0.2, 0.25) is 0 Å². The molecule has 0 aliphatic carbocycles. The number of piperidine rings is 1. The first kappa shape index (κ1) is 26.3. The third-order valence-electron chi connectivity index (χ3n) is 6.75. The van der Waals surface area contributed by atoms with Gasteiger partial charge in [0.15, 0.2) is 17.3 Å². The number of phenols is 1. The van der Waals surface area contributed by atoms with Crippen LogP contribution in [0.5, 0.6) is 28.7 Å². The first-order valence-corrected chi connectivity index (χ1v) is 12.3. The summed E-state index contributed by atoms with van der Waals surface area (Å²) in [6, 6.07) is 5.06. The zero-order chi connectivity index (χ0) is 26.7. The average molecular weight is 512 g/mol. The molecule has 2 aromatic carbocycles. The van der Waals surface area contributed by atoms with Crippen LogP contribution in [0.4, 0.5) is 0 Å². The van der Waals surface area contributed by atoms with Crippen LogP contribution in [-0.4, -0.2) is 62.8 Å². The summed E-state index contributed by atoms with van der Waals surface area (Å²) < 4.78 is 27.7. The van der Waals surface area contributed by atoms with E-state index in [-0.39, 0.29) is 29.2 Å². The van der Waals surface area contributed by atoms with Crippen LogP contribution in [-0.2, 0) is 16.1 Å². The Balaban J connectivity index is 1.67. The highest BCUT2D eigenvalue weighted by Crippen LogP contribution is 2.45. The number of hydrogen-bond donors (Lipinski definition) is 1. The third kappa shape index (κ3) is 5.09. The number of methoxy groups -OCH3 is 3. The van der Waals surface area contributed by atoms with Crippen molar-refractivity contribution in [3.05, 3.63) is 46.2 Å². The predicted molar refractivity (Wildman–Crippen MR) is 137 cm³/mol. The molecule has 1 atom stereocenters. The van der Waals surface area contributed by atoms with Crippen molar-refractivity contribution in [1.29, 1.82) is 0 Å². The predicted octanol–water partition coefficient (Wildman–Crippen LogP) is 4.12. The lowest BCUT2D eigenvalue weighted by Gasteiger charge is -2.31. The molecule has 2 heterocycles. The highest BCUT2D eigenvalue weighted by atomic mass is 16.5. The van der Waals surface area contributed by atoms with Gasteiger partial charge < -0.3 is 28.8 Å². The molecule has 2 aromatic rings. The molecule has 9 nitrogen and oxygen atoms in total. The maximum Gasteiger partial charge on any atom is 0.310 e. The molecular formula is C28H33NO8. The smallest absolute Gasteiger partial charge is 0.310 e. The van der Waals surface area contributed by atoms with Gasteiger partial charge in [-0.05, 0) is 63.1 Å². The molecule has 198 valence electrons. The van der Waals surface area contributed by atoms with E-state index in [2.05, 4.69) is 4.90 Å². The summed E-state index contributed by atoms with van der Waals surface area (Å²) in [5, 5.41) is 10.8. The molecule has 2 aliphatic rings. The fourth-order valence-corrected chi connectivity index (χ4v) is 4.99. The quantitative estimate of drug-likeness (QED) is 0.414. The van der Waals surface area contributed by atoms with Gasteiger partial charge in [-0.3, -0.25) is 14.5 Å². The van der Waals surface area contributed by atoms with Gasteiger partial charge in [-0.15, -0.1) is 0 Å². The van der Waals surface area contributed by atoms with Gasteiger partial charge in [0.2, 0.25) is 11.5 Å². The standard InChI is InChI=1S/C28H33NO8/c1-6-36-28(32)18-8-7-11-29(14-18)15-19-20(30)12-16(2)23-24(31)22(37-26(19)23)13-17-9-10-21(33-3)27(35-5)25(17)34-4/h9-10,12-13,18,30H,6-8,11,14-15H2,1-5H3/b22-13-. The number of benzene rings is 2. The number of nitrogens with zero attached hydrogens (tertiary/aromatic N) is 1. The van der Waals surface area contributed by atoms with Crippen molar-refractivity contribution < 1.29 is 38.4 Å². The van der Waals surface area contributed by atoms with Crippen molar-refractivity contribution in [2.75, 3.05) is 41.0 Å². The first-order valence-electron chi connectivity index (χ1n) is 12.3. The monoisotopic (exact) mass is 511 g/mol. The molecule has 1 saturated heterocycles. The fraction of sp³-hybridized carbons (Fsp3) is 0.429. The molecule has 9 heteroatoms. The van der Waals surface area contributed by atoms with Crippen LogP contribution in [0.1, 0.15) is 46.8 Å². The molecule has 37 heavy (non-hydrogen) atoms. The summed E-state index contributed by atoms with van der Waals surface area (Å²) >= 11 is 0. The molecule has 1 N–H and O–H groups in total. The number of hydrogen-bond acceptors (Lipinski definition) is 9. The number of aryl methyl sites for hydroxylation is 1. The molecule has 0 amide bonds. The van der Waals surface area contributed by atoms with Gasteiger partial charge in [-0.25, -0.2) is 0 Å². The van der Waals surface area contributed by atoms with E-state index in [0.717, 1.165) is 19.4 Å². The summed E-state index contributed by atoms with van der Waals surface area (Å²) in [5.41, 5.74) is 2.12. The molecule has 2 aliphatic heterocycles. The lowest BCUT2D eigenvalue weighted by atomic mass is 9.96. The van der Waals surface area contributed by atoms with E-state index in [0.29, 0.717) is 64.9 Å². The number of allylic oxidation sites excluding steroid dienone is 1. The SMILES string of the molecule is CCOC(=O)C1CCCN(Cc2c(O)cc(C)c3c2O/C(=C\c2ccc(OC)c(OC)c2OC)C3=O)C1. The number of carbonyl (C=O) groups is 2. The highest BCUT2D eigenvalue weighted by molar-refractivity contribution is 6.16. The van der Waals surface area contributed by atoms with Crippen molar-refractivity contribution in [3.8, 4) is 28.7 Å². The second kappa shape index (κ2) is 11.1. The van der Waals surface area contributed by atoms with E-state index in [9.17, 15) is 14.7 Å². The maximum atomic E-state index is 13.4. The number of rotatable bonds is 8. The second-order valence-electron chi connectivity index (χ2n) is 9.08. The number of Topliss-reactive ketones (excluding diaryl/α,β-unsaturated/α-hetero) is 1. The number of aromatic hydroxyl groups is 1. The Kier molecular flexibility index (Phi) is 7.92. The highest BCUT2D eigenvalue weighted by Gasteiger charge is 2.35. The molecule has 1 fully saturated rings. The minimum absolute atomic E-state index is 0.0484. The summed E-state index contributed by atoms with van der Waals surface area (Å²) in [4.78, 5) is 27.8. The zero-order valence-corrected chi connectivity index (χ0v) is 21.9. The van der Waals surface area contributed by atoms with E-state index in [1.807, 2.05) is 0 Å². The van der Waals surface area contributed by atoms with E-state index in [1.54, 1.807) is 38.1 Å². The van der Waals surface area contributed by atoms with Crippen LogP contribution < -0.4 is 18.9 Å². The molecule has 0 radical (unpaired) electrons. The Labute approximate surface area is 216 Å². The van der Waals surface area contributed by atoms with E-state index >= 15 is 0 Å². The number of ether oxygens (including phenoxy) is 5. The van der Waals surface area contributed by atoms with Gasteiger partial charge in [0, 0.05) is 18.7 Å². The minimum Gasteiger partial charge on any atom is -0.507 e. The maximum absolute atomic E-state index is 13.4. The number of ketones is 1. The summed E-state index contributed by atoms with van der Waals surface area (Å²) in [7, 11) is 4.55. The molecule has 0 aromatic heterocycles. The van der Waals surface area contributed by atoms with Gasteiger partial charge >= 0.3 is 5.97 Å². The summed E-state index contributed by atoms with van der Waals surface area (Å²) in [5.74, 6) is 1.09. The van der Waals surface area contributed by atoms with Crippen molar-refractivity contribution in [2.24, 2.45) is 5.92 Å². The van der Waals surface area contributed by atoms with E-state index in [1.165, 1.54) is 21.3 Å². The van der Waals surface area contributed by atoms with Crippen LogP contribution >= 0.6 is 0 Å². The number of esters is 1. The number of fused-ring (bicyclic) bond motifs is 1. The molecule has 0 bridgehead atoms. The Morgan fingerprint density at radius 3 is 2.62 bits per heavy atom. The normalized spacial score (nSPS) is 18.4. The van der Waals surface area contributed by atoms with E-state index in [4.69, 9.17) is 23.7 Å². The topological polar surface area (TPSA) is 104 Å². The molecular weight excluding hydrogens is 478 g/mol. The zero-order valence-electron chi connectivity index (χ0n) is 21.9. The molecule has 0 spiro atoms. The Morgan fingerprint density at radius 1 is 1.19 bits per heavy atom.